The molecule has 2 rings (SSSR count). The number of aliphatic hydroxyl groups is 2. The van der Waals surface area contributed by atoms with E-state index in [4.69, 9.17) is 5.11 Å². The van der Waals surface area contributed by atoms with Crippen LogP contribution in [0, 0.1) is 0 Å². The lowest BCUT2D eigenvalue weighted by atomic mass is 10.1. The third-order valence-electron chi connectivity index (χ3n) is 3.18. The fraction of sp³-hybridized carbons (Fsp3) is 0.294. The number of rotatable bonds is 7. The summed E-state index contributed by atoms with van der Waals surface area (Å²) in [5.74, 6) is 0. The summed E-state index contributed by atoms with van der Waals surface area (Å²) in [6, 6.07) is 20.3. The number of aliphatic hydroxyl groups excluding tert-OH is 2. The molecule has 0 aliphatic heterocycles. The zero-order valence-electron chi connectivity index (χ0n) is 11.5. The van der Waals surface area contributed by atoms with E-state index < -0.39 is 6.10 Å². The topological polar surface area (TPSA) is 43.7 Å². The van der Waals surface area contributed by atoms with Gasteiger partial charge in [0.15, 0.2) is 0 Å². The van der Waals surface area contributed by atoms with Crippen molar-refractivity contribution in [2.75, 3.05) is 13.2 Å². The van der Waals surface area contributed by atoms with Crippen LogP contribution >= 0.6 is 0 Å². The van der Waals surface area contributed by atoms with E-state index in [2.05, 4.69) is 29.2 Å². The average molecular weight is 271 g/mol. The molecule has 106 valence electrons. The van der Waals surface area contributed by atoms with E-state index in [0.29, 0.717) is 6.54 Å². The third kappa shape index (κ3) is 4.78. The van der Waals surface area contributed by atoms with Gasteiger partial charge in [-0.2, -0.15) is 0 Å². The van der Waals surface area contributed by atoms with Crippen molar-refractivity contribution >= 4 is 0 Å². The number of hydrogen-bond donors (Lipinski definition) is 2. The van der Waals surface area contributed by atoms with E-state index in [0.717, 1.165) is 13.1 Å². The van der Waals surface area contributed by atoms with Crippen LogP contribution in [-0.4, -0.2) is 34.4 Å². The van der Waals surface area contributed by atoms with Gasteiger partial charge in [-0.1, -0.05) is 60.7 Å². The van der Waals surface area contributed by atoms with Crippen molar-refractivity contribution in [1.82, 2.24) is 4.90 Å². The van der Waals surface area contributed by atoms with Gasteiger partial charge in [0.1, 0.15) is 0 Å². The Hall–Kier alpha value is -1.68. The summed E-state index contributed by atoms with van der Waals surface area (Å²) in [6.07, 6.45) is -0.706. The first kappa shape index (κ1) is 14.7. The Balaban J connectivity index is 2.04. The minimum absolute atomic E-state index is 0.208. The van der Waals surface area contributed by atoms with Gasteiger partial charge >= 0.3 is 0 Å². The van der Waals surface area contributed by atoms with Gasteiger partial charge in [-0.15, -0.1) is 0 Å². The fourth-order valence-electron chi connectivity index (χ4n) is 2.22. The maximum atomic E-state index is 9.69. The minimum atomic E-state index is -0.706. The highest BCUT2D eigenvalue weighted by molar-refractivity contribution is 5.17. The van der Waals surface area contributed by atoms with Crippen molar-refractivity contribution in [3.8, 4) is 0 Å². The Morgan fingerprint density at radius 3 is 1.65 bits per heavy atom. The van der Waals surface area contributed by atoms with Crippen molar-refractivity contribution in [3.63, 3.8) is 0 Å². The SMILES string of the molecule is OCC(O)CN(Cc1ccccc1)Cc1ccccc1. The lowest BCUT2D eigenvalue weighted by Gasteiger charge is -2.24. The number of benzene rings is 2. The van der Waals surface area contributed by atoms with Crippen LogP contribution in [0.4, 0.5) is 0 Å². The molecule has 0 saturated carbocycles. The van der Waals surface area contributed by atoms with Crippen LogP contribution in [0.25, 0.3) is 0 Å². The highest BCUT2D eigenvalue weighted by Gasteiger charge is 2.12. The first-order chi connectivity index (χ1) is 9.78. The van der Waals surface area contributed by atoms with Gasteiger partial charge in [-0.25, -0.2) is 0 Å². The summed E-state index contributed by atoms with van der Waals surface area (Å²) in [4.78, 5) is 2.14. The Morgan fingerprint density at radius 1 is 0.800 bits per heavy atom. The van der Waals surface area contributed by atoms with Crippen LogP contribution in [0.15, 0.2) is 60.7 Å². The molecule has 0 aromatic heterocycles. The highest BCUT2D eigenvalue weighted by atomic mass is 16.3. The van der Waals surface area contributed by atoms with E-state index in [1.54, 1.807) is 0 Å². The molecular formula is C17H21NO2. The Kier molecular flexibility index (Phi) is 5.74. The summed E-state index contributed by atoms with van der Waals surface area (Å²) in [5.41, 5.74) is 2.40. The molecule has 20 heavy (non-hydrogen) atoms. The van der Waals surface area contributed by atoms with E-state index in [1.807, 2.05) is 36.4 Å². The number of nitrogens with zero attached hydrogens (tertiary/aromatic N) is 1. The first-order valence-electron chi connectivity index (χ1n) is 6.87. The predicted molar refractivity (Wildman–Crippen MR) is 80.1 cm³/mol. The van der Waals surface area contributed by atoms with Gasteiger partial charge in [0.2, 0.25) is 0 Å². The van der Waals surface area contributed by atoms with Gasteiger partial charge in [0.05, 0.1) is 12.7 Å². The molecule has 1 unspecified atom stereocenters. The molecule has 0 aliphatic carbocycles. The molecule has 0 fully saturated rings. The lowest BCUT2D eigenvalue weighted by molar-refractivity contribution is 0.0542. The molecule has 0 bridgehead atoms. The first-order valence-corrected chi connectivity index (χ1v) is 6.87. The molecule has 3 nitrogen and oxygen atoms in total. The van der Waals surface area contributed by atoms with Crippen LogP contribution in [-0.2, 0) is 13.1 Å². The fourth-order valence-corrected chi connectivity index (χ4v) is 2.22. The predicted octanol–water partition coefficient (Wildman–Crippen LogP) is 2.04. The summed E-state index contributed by atoms with van der Waals surface area (Å²) < 4.78 is 0. The standard InChI is InChI=1S/C17H21NO2/c19-14-17(20)13-18(11-15-7-3-1-4-8-15)12-16-9-5-2-6-10-16/h1-10,17,19-20H,11-14H2. The highest BCUT2D eigenvalue weighted by Crippen LogP contribution is 2.10. The van der Waals surface area contributed by atoms with Crippen molar-refractivity contribution < 1.29 is 10.2 Å². The second-order valence-corrected chi connectivity index (χ2v) is 4.98. The summed E-state index contributed by atoms with van der Waals surface area (Å²) in [5, 5.41) is 18.7. The molecule has 1 atom stereocenters. The van der Waals surface area contributed by atoms with Crippen molar-refractivity contribution in [1.29, 1.82) is 0 Å². The van der Waals surface area contributed by atoms with E-state index >= 15 is 0 Å². The molecule has 2 aromatic rings. The average Bonchev–Trinajstić information content (AvgIpc) is 2.49. The molecule has 3 heteroatoms. The molecule has 2 aromatic carbocycles. The zero-order valence-corrected chi connectivity index (χ0v) is 11.5. The normalized spacial score (nSPS) is 12.6. The van der Waals surface area contributed by atoms with Gasteiger partial charge in [-0.05, 0) is 11.1 Å². The minimum Gasteiger partial charge on any atom is -0.394 e. The van der Waals surface area contributed by atoms with E-state index in [-0.39, 0.29) is 6.61 Å². The Bertz CT molecular complexity index is 445. The van der Waals surface area contributed by atoms with Gasteiger partial charge in [0.25, 0.3) is 0 Å². The van der Waals surface area contributed by atoms with Gasteiger partial charge < -0.3 is 10.2 Å². The molecule has 0 saturated heterocycles. The van der Waals surface area contributed by atoms with Crippen LogP contribution in [0.2, 0.25) is 0 Å². The van der Waals surface area contributed by atoms with Crippen molar-refractivity contribution in [3.05, 3.63) is 71.8 Å². The summed E-state index contributed by atoms with van der Waals surface area (Å²) in [6.45, 7) is 1.76. The molecule has 2 N–H and O–H groups in total. The van der Waals surface area contributed by atoms with Gasteiger partial charge in [0, 0.05) is 19.6 Å². The summed E-state index contributed by atoms with van der Waals surface area (Å²) >= 11 is 0. The zero-order chi connectivity index (χ0) is 14.2. The van der Waals surface area contributed by atoms with Crippen LogP contribution in [0.5, 0.6) is 0 Å². The lowest BCUT2D eigenvalue weighted by Crippen LogP contribution is -2.33. The molecular weight excluding hydrogens is 250 g/mol. The molecule has 0 spiro atoms. The monoisotopic (exact) mass is 271 g/mol. The summed E-state index contributed by atoms with van der Waals surface area (Å²) in [7, 11) is 0. The quantitative estimate of drug-likeness (QED) is 0.810. The van der Waals surface area contributed by atoms with Crippen molar-refractivity contribution in [2.24, 2.45) is 0 Å². The Labute approximate surface area is 120 Å². The molecule has 0 radical (unpaired) electrons. The van der Waals surface area contributed by atoms with Crippen LogP contribution in [0.1, 0.15) is 11.1 Å². The third-order valence-corrected chi connectivity index (χ3v) is 3.18. The van der Waals surface area contributed by atoms with Crippen molar-refractivity contribution in [2.45, 2.75) is 19.2 Å². The van der Waals surface area contributed by atoms with Gasteiger partial charge in [-0.3, -0.25) is 4.90 Å². The van der Waals surface area contributed by atoms with Crippen LogP contribution < -0.4 is 0 Å². The van der Waals surface area contributed by atoms with E-state index in [1.165, 1.54) is 11.1 Å². The smallest absolute Gasteiger partial charge is 0.0897 e. The molecule has 0 amide bonds. The maximum Gasteiger partial charge on any atom is 0.0897 e. The maximum absolute atomic E-state index is 9.69. The second kappa shape index (κ2) is 7.80. The van der Waals surface area contributed by atoms with Crippen LogP contribution in [0.3, 0.4) is 0 Å². The second-order valence-electron chi connectivity index (χ2n) is 4.98. The van der Waals surface area contributed by atoms with E-state index in [9.17, 15) is 5.11 Å². The molecule has 0 heterocycles. The largest absolute Gasteiger partial charge is 0.394 e. The Morgan fingerprint density at radius 2 is 1.25 bits per heavy atom. The molecule has 0 aliphatic rings. The number of hydrogen-bond acceptors (Lipinski definition) is 3.